The third-order valence-electron chi connectivity index (χ3n) is 3.10. The Bertz CT molecular complexity index is 747. The van der Waals surface area contributed by atoms with Crippen LogP contribution in [0.3, 0.4) is 0 Å². The van der Waals surface area contributed by atoms with E-state index in [1.165, 1.54) is 0 Å². The fourth-order valence-corrected chi connectivity index (χ4v) is 1.86. The van der Waals surface area contributed by atoms with Crippen molar-refractivity contribution in [2.75, 3.05) is 0 Å². The van der Waals surface area contributed by atoms with E-state index in [1.54, 1.807) is 24.3 Å². The summed E-state index contributed by atoms with van der Waals surface area (Å²) >= 11 is 0. The molecule has 0 spiro atoms. The molecule has 0 radical (unpaired) electrons. The number of urea groups is 1. The summed E-state index contributed by atoms with van der Waals surface area (Å²) in [6, 6.07) is 8.31. The second-order valence-corrected chi connectivity index (χ2v) is 4.96. The highest BCUT2D eigenvalue weighted by atomic mass is 16.2. The Morgan fingerprint density at radius 3 is 2.59 bits per heavy atom. The molecule has 1 fully saturated rings. The molecule has 0 bridgehead atoms. The first-order valence-electron chi connectivity index (χ1n) is 6.82. The fraction of sp³-hybridized carbons (Fsp3) is 0.308. The molecule has 2 aromatic rings. The molecular formula is C13H14N6O3. The molecule has 22 heavy (non-hydrogen) atoms. The molecule has 1 aliphatic rings. The minimum Gasteiger partial charge on any atom is -0.335 e. The fourth-order valence-electron chi connectivity index (χ4n) is 1.86. The van der Waals surface area contributed by atoms with Crippen molar-refractivity contribution in [1.82, 2.24) is 30.4 Å². The van der Waals surface area contributed by atoms with Crippen LogP contribution in [-0.2, 0) is 11.3 Å². The summed E-state index contributed by atoms with van der Waals surface area (Å²) in [6.07, 6.45) is 1.85. The van der Waals surface area contributed by atoms with Gasteiger partial charge in [-0.15, -0.1) is 0 Å². The number of hydrogen-bond donors (Lipinski definition) is 2. The van der Waals surface area contributed by atoms with Crippen molar-refractivity contribution >= 4 is 11.9 Å². The number of aromatic nitrogens is 4. The average Bonchev–Trinajstić information content (AvgIpc) is 3.23. The molecule has 0 saturated heterocycles. The highest BCUT2D eigenvalue weighted by molar-refractivity contribution is 5.94. The molecule has 114 valence electrons. The van der Waals surface area contributed by atoms with Gasteiger partial charge < -0.3 is 5.32 Å². The Morgan fingerprint density at radius 2 is 1.91 bits per heavy atom. The van der Waals surface area contributed by atoms with Gasteiger partial charge in [0.25, 0.3) is 0 Å². The van der Waals surface area contributed by atoms with E-state index in [1.807, 2.05) is 6.07 Å². The van der Waals surface area contributed by atoms with Crippen LogP contribution in [0.1, 0.15) is 12.8 Å². The number of rotatable bonds is 4. The van der Waals surface area contributed by atoms with E-state index in [4.69, 9.17) is 0 Å². The molecule has 0 atom stereocenters. The quantitative estimate of drug-likeness (QED) is 0.784. The average molecular weight is 302 g/mol. The second kappa shape index (κ2) is 5.80. The predicted octanol–water partition coefficient (Wildman–Crippen LogP) is -0.583. The van der Waals surface area contributed by atoms with Crippen molar-refractivity contribution in [3.05, 3.63) is 40.8 Å². The summed E-state index contributed by atoms with van der Waals surface area (Å²) in [5, 5.41) is 12.1. The topological polar surface area (TPSA) is 111 Å². The number of tetrazole rings is 1. The van der Waals surface area contributed by atoms with Crippen molar-refractivity contribution in [2.45, 2.75) is 25.4 Å². The largest absolute Gasteiger partial charge is 0.368 e. The zero-order chi connectivity index (χ0) is 15.5. The van der Waals surface area contributed by atoms with Crippen LogP contribution in [0.2, 0.25) is 0 Å². The molecule has 1 aromatic heterocycles. The lowest BCUT2D eigenvalue weighted by molar-refractivity contribution is -0.120. The molecule has 9 heteroatoms. The molecule has 1 heterocycles. The number of benzene rings is 1. The number of imide groups is 1. The number of carbonyl (C=O) groups is 2. The number of nitrogens with zero attached hydrogens (tertiary/aromatic N) is 4. The van der Waals surface area contributed by atoms with Crippen LogP contribution < -0.4 is 16.3 Å². The Kier molecular flexibility index (Phi) is 3.69. The standard InChI is InChI=1S/C13H14N6O3/c20-11(15-12(21)14-9-6-7-9)8-18-13(22)19(17-16-18)10-4-2-1-3-5-10/h1-5,9H,6-8H2,(H2,14,15,20,21). The van der Waals surface area contributed by atoms with Crippen LogP contribution in [0.5, 0.6) is 0 Å². The molecule has 1 aromatic carbocycles. The normalized spacial score (nSPS) is 13.6. The summed E-state index contributed by atoms with van der Waals surface area (Å²) in [5.41, 5.74) is -0.00501. The van der Waals surface area contributed by atoms with Crippen molar-refractivity contribution in [3.63, 3.8) is 0 Å². The lowest BCUT2D eigenvalue weighted by Gasteiger charge is -2.04. The Hall–Kier alpha value is -2.97. The highest BCUT2D eigenvalue weighted by Crippen LogP contribution is 2.18. The van der Waals surface area contributed by atoms with Crippen molar-refractivity contribution in [3.8, 4) is 5.69 Å². The number of para-hydroxylation sites is 1. The van der Waals surface area contributed by atoms with Gasteiger partial charge in [-0.1, -0.05) is 18.2 Å². The second-order valence-electron chi connectivity index (χ2n) is 4.96. The van der Waals surface area contributed by atoms with Crippen LogP contribution in [0.25, 0.3) is 5.69 Å². The van der Waals surface area contributed by atoms with Crippen molar-refractivity contribution < 1.29 is 9.59 Å². The van der Waals surface area contributed by atoms with Crippen molar-refractivity contribution in [1.29, 1.82) is 0 Å². The van der Waals surface area contributed by atoms with E-state index in [-0.39, 0.29) is 12.6 Å². The summed E-state index contributed by atoms with van der Waals surface area (Å²) < 4.78 is 1.98. The zero-order valence-electron chi connectivity index (χ0n) is 11.6. The monoisotopic (exact) mass is 302 g/mol. The van der Waals surface area contributed by atoms with E-state index < -0.39 is 17.6 Å². The number of carbonyl (C=O) groups excluding carboxylic acids is 2. The highest BCUT2D eigenvalue weighted by Gasteiger charge is 2.24. The third-order valence-corrected chi connectivity index (χ3v) is 3.10. The Balaban J connectivity index is 1.65. The molecular weight excluding hydrogens is 288 g/mol. The summed E-state index contributed by atoms with van der Waals surface area (Å²) in [4.78, 5) is 35.2. The SMILES string of the molecule is O=C(Cn1nnn(-c2ccccc2)c1=O)NC(=O)NC1CC1. The number of nitrogens with one attached hydrogen (secondary N) is 2. The lowest BCUT2D eigenvalue weighted by Crippen LogP contribution is -2.43. The Morgan fingerprint density at radius 1 is 1.18 bits per heavy atom. The van der Waals surface area contributed by atoms with Crippen LogP contribution in [0.4, 0.5) is 4.79 Å². The molecule has 1 aliphatic carbocycles. The third kappa shape index (κ3) is 3.19. The summed E-state index contributed by atoms with van der Waals surface area (Å²) in [7, 11) is 0. The van der Waals surface area contributed by atoms with Gasteiger partial charge in [0.05, 0.1) is 5.69 Å². The maximum absolute atomic E-state index is 12.1. The van der Waals surface area contributed by atoms with Crippen LogP contribution in [-0.4, -0.2) is 37.8 Å². The molecule has 3 amide bonds. The van der Waals surface area contributed by atoms with E-state index in [2.05, 4.69) is 21.1 Å². The van der Waals surface area contributed by atoms with E-state index >= 15 is 0 Å². The Labute approximate surface area is 124 Å². The molecule has 2 N–H and O–H groups in total. The van der Waals surface area contributed by atoms with Crippen molar-refractivity contribution in [2.24, 2.45) is 0 Å². The van der Waals surface area contributed by atoms with Gasteiger partial charge in [-0.2, -0.15) is 9.36 Å². The van der Waals surface area contributed by atoms with Gasteiger partial charge in [0, 0.05) is 6.04 Å². The van der Waals surface area contributed by atoms with E-state index in [0.717, 1.165) is 22.2 Å². The molecule has 9 nitrogen and oxygen atoms in total. The van der Waals surface area contributed by atoms with Gasteiger partial charge >= 0.3 is 11.7 Å². The van der Waals surface area contributed by atoms with Gasteiger partial charge in [0.1, 0.15) is 6.54 Å². The molecule has 0 aliphatic heterocycles. The van der Waals surface area contributed by atoms with Gasteiger partial charge in [0.15, 0.2) is 0 Å². The van der Waals surface area contributed by atoms with Gasteiger partial charge in [-0.3, -0.25) is 10.1 Å². The molecule has 0 unspecified atom stereocenters. The first-order chi connectivity index (χ1) is 10.6. The first-order valence-corrected chi connectivity index (χ1v) is 6.82. The predicted molar refractivity (Wildman–Crippen MR) is 75.3 cm³/mol. The number of amides is 3. The van der Waals surface area contributed by atoms with E-state index in [9.17, 15) is 14.4 Å². The molecule has 1 saturated carbocycles. The van der Waals surface area contributed by atoms with Crippen LogP contribution in [0, 0.1) is 0 Å². The first kappa shape index (κ1) is 14.0. The van der Waals surface area contributed by atoms with Crippen LogP contribution >= 0.6 is 0 Å². The van der Waals surface area contributed by atoms with Gasteiger partial charge in [0.2, 0.25) is 5.91 Å². The zero-order valence-corrected chi connectivity index (χ0v) is 11.6. The van der Waals surface area contributed by atoms with Crippen LogP contribution in [0.15, 0.2) is 35.1 Å². The minimum absolute atomic E-state index is 0.148. The minimum atomic E-state index is -0.625. The maximum atomic E-state index is 12.1. The summed E-state index contributed by atoms with van der Waals surface area (Å²) in [5.74, 6) is -0.625. The van der Waals surface area contributed by atoms with E-state index in [0.29, 0.717) is 5.69 Å². The maximum Gasteiger partial charge on any atom is 0.368 e. The smallest absolute Gasteiger partial charge is 0.335 e. The lowest BCUT2D eigenvalue weighted by atomic mass is 10.3. The van der Waals surface area contributed by atoms with Gasteiger partial charge in [-0.05, 0) is 35.4 Å². The molecule has 3 rings (SSSR count). The number of hydrogen-bond acceptors (Lipinski definition) is 5. The van der Waals surface area contributed by atoms with Gasteiger partial charge in [-0.25, -0.2) is 9.59 Å². The summed E-state index contributed by atoms with van der Waals surface area (Å²) in [6.45, 7) is -0.371.